The highest BCUT2D eigenvalue weighted by Gasteiger charge is 2.30. The minimum Gasteiger partial charge on any atom is -0.245 e. The molecule has 1 heterocycles. The summed E-state index contributed by atoms with van der Waals surface area (Å²) < 4.78 is 0. The van der Waals surface area contributed by atoms with Crippen LogP contribution in [0.25, 0.3) is 0 Å². The molecule has 0 saturated carbocycles. The zero-order valence-electron chi connectivity index (χ0n) is 10.2. The molecule has 16 heavy (non-hydrogen) atoms. The SMILES string of the molecule is CC(C)(C)C1CCc2nc(CC#N)sc2C1. The highest BCUT2D eigenvalue weighted by molar-refractivity contribution is 7.11. The molecule has 0 amide bonds. The van der Waals surface area contributed by atoms with E-state index in [4.69, 9.17) is 5.26 Å². The Kier molecular flexibility index (Phi) is 3.03. The smallest absolute Gasteiger partial charge is 0.107 e. The molecule has 2 rings (SSSR count). The van der Waals surface area contributed by atoms with Gasteiger partial charge in [-0.05, 0) is 30.6 Å². The summed E-state index contributed by atoms with van der Waals surface area (Å²) in [4.78, 5) is 5.98. The number of thiazole rings is 1. The van der Waals surface area contributed by atoms with Crippen LogP contribution in [0.15, 0.2) is 0 Å². The number of fused-ring (bicyclic) bond motifs is 1. The van der Waals surface area contributed by atoms with Crippen LogP contribution in [-0.4, -0.2) is 4.98 Å². The van der Waals surface area contributed by atoms with Crippen molar-refractivity contribution >= 4 is 11.3 Å². The molecule has 0 fully saturated rings. The first-order valence-corrected chi connectivity index (χ1v) is 6.66. The lowest BCUT2D eigenvalue weighted by Crippen LogP contribution is -2.26. The molecule has 3 heteroatoms. The summed E-state index contributed by atoms with van der Waals surface area (Å²) >= 11 is 1.75. The molecule has 1 aromatic heterocycles. The van der Waals surface area contributed by atoms with Crippen molar-refractivity contribution in [3.05, 3.63) is 15.6 Å². The topological polar surface area (TPSA) is 36.7 Å². The molecule has 0 aromatic carbocycles. The highest BCUT2D eigenvalue weighted by Crippen LogP contribution is 2.39. The van der Waals surface area contributed by atoms with Crippen molar-refractivity contribution in [2.24, 2.45) is 11.3 Å². The molecule has 0 radical (unpaired) electrons. The van der Waals surface area contributed by atoms with Gasteiger partial charge < -0.3 is 0 Å². The predicted octanol–water partition coefficient (Wildman–Crippen LogP) is 3.36. The lowest BCUT2D eigenvalue weighted by molar-refractivity contribution is 0.217. The van der Waals surface area contributed by atoms with Gasteiger partial charge in [-0.1, -0.05) is 20.8 Å². The Morgan fingerprint density at radius 1 is 1.50 bits per heavy atom. The van der Waals surface area contributed by atoms with Crippen LogP contribution in [0.3, 0.4) is 0 Å². The maximum Gasteiger partial charge on any atom is 0.107 e. The first-order chi connectivity index (χ1) is 7.50. The van der Waals surface area contributed by atoms with E-state index in [1.54, 1.807) is 11.3 Å². The van der Waals surface area contributed by atoms with Gasteiger partial charge in [0.1, 0.15) is 5.01 Å². The molecule has 1 aromatic rings. The third-order valence-corrected chi connectivity index (χ3v) is 4.56. The van der Waals surface area contributed by atoms with E-state index in [0.717, 1.165) is 23.8 Å². The average molecular weight is 234 g/mol. The predicted molar refractivity (Wildman–Crippen MR) is 66.4 cm³/mol. The van der Waals surface area contributed by atoms with Crippen LogP contribution in [0.5, 0.6) is 0 Å². The van der Waals surface area contributed by atoms with E-state index in [0.29, 0.717) is 11.8 Å². The minimum absolute atomic E-state index is 0.386. The maximum absolute atomic E-state index is 8.68. The summed E-state index contributed by atoms with van der Waals surface area (Å²) in [5.74, 6) is 0.760. The molecular formula is C13H18N2S. The fourth-order valence-corrected chi connectivity index (χ4v) is 3.44. The standard InChI is InChI=1S/C13H18N2S/c1-13(2,3)9-4-5-10-11(8-9)16-12(15-10)6-7-14/h9H,4-6,8H2,1-3H3. The van der Waals surface area contributed by atoms with Gasteiger partial charge in [-0.15, -0.1) is 11.3 Å². The molecule has 86 valence electrons. The van der Waals surface area contributed by atoms with Gasteiger partial charge >= 0.3 is 0 Å². The second-order valence-electron chi connectivity index (χ2n) is 5.62. The Morgan fingerprint density at radius 2 is 2.25 bits per heavy atom. The molecule has 1 atom stereocenters. The fraction of sp³-hybridized carbons (Fsp3) is 0.692. The molecule has 0 saturated heterocycles. The maximum atomic E-state index is 8.68. The number of hydrogen-bond donors (Lipinski definition) is 0. The summed E-state index contributed by atoms with van der Waals surface area (Å²) in [6.45, 7) is 6.96. The Hall–Kier alpha value is -0.880. The summed E-state index contributed by atoms with van der Waals surface area (Å²) in [7, 11) is 0. The fourth-order valence-electron chi connectivity index (χ4n) is 2.31. The zero-order valence-corrected chi connectivity index (χ0v) is 11.0. The molecule has 1 unspecified atom stereocenters. The second-order valence-corrected chi connectivity index (χ2v) is 6.79. The molecule has 0 aliphatic heterocycles. The van der Waals surface area contributed by atoms with E-state index < -0.39 is 0 Å². The van der Waals surface area contributed by atoms with Crippen LogP contribution in [0.2, 0.25) is 0 Å². The van der Waals surface area contributed by atoms with E-state index in [2.05, 4.69) is 31.8 Å². The lowest BCUT2D eigenvalue weighted by atomic mass is 9.73. The first-order valence-electron chi connectivity index (χ1n) is 5.85. The van der Waals surface area contributed by atoms with Gasteiger partial charge in [0.25, 0.3) is 0 Å². The number of nitrogens with zero attached hydrogens (tertiary/aromatic N) is 2. The van der Waals surface area contributed by atoms with E-state index in [1.165, 1.54) is 17.0 Å². The van der Waals surface area contributed by atoms with Gasteiger partial charge in [-0.2, -0.15) is 5.26 Å². The number of aromatic nitrogens is 1. The number of aryl methyl sites for hydroxylation is 1. The summed E-state index contributed by atoms with van der Waals surface area (Å²) in [6, 6.07) is 2.18. The molecular weight excluding hydrogens is 216 g/mol. The number of nitriles is 1. The van der Waals surface area contributed by atoms with Crippen LogP contribution in [0, 0.1) is 22.7 Å². The summed E-state index contributed by atoms with van der Waals surface area (Å²) in [6.07, 6.45) is 3.96. The van der Waals surface area contributed by atoms with Crippen LogP contribution in [0.1, 0.15) is 42.8 Å². The van der Waals surface area contributed by atoms with Gasteiger partial charge in [0.15, 0.2) is 0 Å². The quantitative estimate of drug-likeness (QED) is 0.747. The van der Waals surface area contributed by atoms with Crippen molar-refractivity contribution in [1.82, 2.24) is 4.98 Å². The minimum atomic E-state index is 0.386. The first kappa shape index (κ1) is 11.6. The van der Waals surface area contributed by atoms with Gasteiger partial charge in [-0.3, -0.25) is 0 Å². The molecule has 2 nitrogen and oxygen atoms in total. The van der Waals surface area contributed by atoms with E-state index in [9.17, 15) is 0 Å². The second kappa shape index (κ2) is 4.18. The molecule has 1 aliphatic carbocycles. The van der Waals surface area contributed by atoms with Crippen LogP contribution >= 0.6 is 11.3 Å². The van der Waals surface area contributed by atoms with Crippen molar-refractivity contribution in [3.63, 3.8) is 0 Å². The Bertz CT molecular complexity index is 420. The molecule has 0 spiro atoms. The number of rotatable bonds is 1. The summed E-state index contributed by atoms with van der Waals surface area (Å²) in [5.41, 5.74) is 1.65. The lowest BCUT2D eigenvalue weighted by Gasteiger charge is -2.33. The molecule has 0 bridgehead atoms. The van der Waals surface area contributed by atoms with Crippen LogP contribution in [-0.2, 0) is 19.3 Å². The molecule has 1 aliphatic rings. The summed E-state index contributed by atoms with van der Waals surface area (Å²) in [5, 5.41) is 9.68. The third-order valence-electron chi connectivity index (χ3n) is 3.44. The van der Waals surface area contributed by atoms with E-state index >= 15 is 0 Å². The zero-order chi connectivity index (χ0) is 11.8. The Morgan fingerprint density at radius 3 is 2.88 bits per heavy atom. The monoisotopic (exact) mass is 234 g/mol. The number of hydrogen-bond acceptors (Lipinski definition) is 3. The highest BCUT2D eigenvalue weighted by atomic mass is 32.1. The van der Waals surface area contributed by atoms with E-state index in [1.807, 2.05) is 0 Å². The Balaban J connectivity index is 2.18. The largest absolute Gasteiger partial charge is 0.245 e. The van der Waals surface area contributed by atoms with Crippen molar-refractivity contribution < 1.29 is 0 Å². The van der Waals surface area contributed by atoms with Gasteiger partial charge in [0, 0.05) is 4.88 Å². The van der Waals surface area contributed by atoms with Crippen molar-refractivity contribution in [2.75, 3.05) is 0 Å². The Labute approximate surface area is 101 Å². The average Bonchev–Trinajstić information content (AvgIpc) is 2.57. The van der Waals surface area contributed by atoms with E-state index in [-0.39, 0.29) is 0 Å². The van der Waals surface area contributed by atoms with Crippen LogP contribution in [0.4, 0.5) is 0 Å². The normalized spacial score (nSPS) is 20.2. The van der Waals surface area contributed by atoms with Crippen molar-refractivity contribution in [1.29, 1.82) is 5.26 Å². The molecule has 0 N–H and O–H groups in total. The van der Waals surface area contributed by atoms with Gasteiger partial charge in [0.05, 0.1) is 18.2 Å². The van der Waals surface area contributed by atoms with Crippen LogP contribution < -0.4 is 0 Å². The van der Waals surface area contributed by atoms with Gasteiger partial charge in [-0.25, -0.2) is 4.98 Å². The third kappa shape index (κ3) is 2.27. The van der Waals surface area contributed by atoms with Gasteiger partial charge in [0.2, 0.25) is 0 Å². The van der Waals surface area contributed by atoms with Crippen molar-refractivity contribution in [2.45, 2.75) is 46.5 Å². The van der Waals surface area contributed by atoms with Crippen molar-refractivity contribution in [3.8, 4) is 6.07 Å².